The maximum absolute atomic E-state index is 13.2. The number of nitrogens with zero attached hydrogens (tertiary/aromatic N) is 2. The molecule has 0 spiro atoms. The average molecular weight is 383 g/mol. The van der Waals surface area contributed by atoms with Crippen LogP contribution >= 0.6 is 0 Å². The molecule has 7 nitrogen and oxygen atoms in total. The zero-order valence-corrected chi connectivity index (χ0v) is 14.7. The number of carbonyl (C=O) groups excluding carboxylic acids is 2. The van der Waals surface area contributed by atoms with Crippen LogP contribution in [0, 0.1) is 11.6 Å². The molecule has 0 aliphatic heterocycles. The summed E-state index contributed by atoms with van der Waals surface area (Å²) in [4.78, 5) is 23.3. The van der Waals surface area contributed by atoms with E-state index in [0.29, 0.717) is 17.2 Å². The van der Waals surface area contributed by atoms with Crippen molar-refractivity contribution in [1.82, 2.24) is 10.2 Å². The first-order valence-corrected chi connectivity index (χ1v) is 8.15. The Kier molecular flexibility index (Phi) is 5.54. The zero-order chi connectivity index (χ0) is 20.1. The molecule has 0 bridgehead atoms. The molecular weight excluding hydrogens is 368 g/mol. The van der Waals surface area contributed by atoms with Crippen molar-refractivity contribution in [3.63, 3.8) is 0 Å². The van der Waals surface area contributed by atoms with Gasteiger partial charge in [-0.1, -0.05) is 6.07 Å². The molecule has 0 aliphatic rings. The fourth-order valence-corrected chi connectivity index (χ4v) is 2.31. The van der Waals surface area contributed by atoms with Gasteiger partial charge in [0, 0.05) is 30.1 Å². The topological polar surface area (TPSA) is 96.0 Å². The average Bonchev–Trinajstić information content (AvgIpc) is 2.65. The summed E-state index contributed by atoms with van der Waals surface area (Å²) in [7, 11) is 0. The summed E-state index contributed by atoms with van der Waals surface area (Å²) in [5.41, 5.74) is 1.39. The van der Waals surface area contributed by atoms with Gasteiger partial charge >= 0.3 is 0 Å². The lowest BCUT2D eigenvalue weighted by atomic mass is 10.2. The zero-order valence-electron chi connectivity index (χ0n) is 14.7. The van der Waals surface area contributed by atoms with Crippen LogP contribution in [-0.2, 0) is 4.79 Å². The van der Waals surface area contributed by atoms with E-state index in [1.807, 2.05) is 0 Å². The molecule has 3 aromatic rings. The molecule has 142 valence electrons. The van der Waals surface area contributed by atoms with Crippen LogP contribution in [0.4, 0.5) is 31.7 Å². The largest absolute Gasteiger partial charge is 0.339 e. The smallest absolute Gasteiger partial charge is 0.276 e. The van der Waals surface area contributed by atoms with Crippen molar-refractivity contribution < 1.29 is 18.4 Å². The normalized spacial score (nSPS) is 10.2. The van der Waals surface area contributed by atoms with E-state index in [9.17, 15) is 18.4 Å². The van der Waals surface area contributed by atoms with Crippen LogP contribution in [0.3, 0.4) is 0 Å². The number of anilines is 4. The summed E-state index contributed by atoms with van der Waals surface area (Å²) in [6.45, 7) is 1.41. The lowest BCUT2D eigenvalue weighted by Gasteiger charge is -2.08. The standard InChI is InChI=1S/C19H15F2N5O2/c1-11(27)22-12-3-2-4-13(9-12)23-18-8-7-17(25-26-18)19(28)24-14-5-6-15(20)16(21)10-14/h2-10H,1H3,(H,22,27)(H,23,26)(H,24,28). The first kappa shape index (κ1) is 18.9. The number of rotatable bonds is 5. The van der Waals surface area contributed by atoms with Crippen LogP contribution in [0.1, 0.15) is 17.4 Å². The number of carbonyl (C=O) groups is 2. The van der Waals surface area contributed by atoms with E-state index in [-0.39, 0.29) is 17.3 Å². The molecule has 2 aromatic carbocycles. The Labute approximate surface area is 158 Å². The lowest BCUT2D eigenvalue weighted by molar-refractivity contribution is -0.114. The van der Waals surface area contributed by atoms with E-state index in [4.69, 9.17) is 0 Å². The summed E-state index contributed by atoms with van der Waals surface area (Å²) < 4.78 is 26.1. The second-order valence-corrected chi connectivity index (χ2v) is 5.77. The summed E-state index contributed by atoms with van der Waals surface area (Å²) in [6.07, 6.45) is 0. The Morgan fingerprint density at radius 1 is 0.821 bits per heavy atom. The predicted molar refractivity (Wildman–Crippen MR) is 100 cm³/mol. The van der Waals surface area contributed by atoms with Crippen molar-refractivity contribution in [3.8, 4) is 0 Å². The van der Waals surface area contributed by atoms with E-state index < -0.39 is 17.5 Å². The highest BCUT2D eigenvalue weighted by Crippen LogP contribution is 2.19. The monoisotopic (exact) mass is 383 g/mol. The maximum Gasteiger partial charge on any atom is 0.276 e. The number of hydrogen-bond acceptors (Lipinski definition) is 5. The van der Waals surface area contributed by atoms with Crippen LogP contribution in [0.5, 0.6) is 0 Å². The molecule has 0 unspecified atom stereocenters. The van der Waals surface area contributed by atoms with Gasteiger partial charge < -0.3 is 16.0 Å². The van der Waals surface area contributed by atoms with Crippen molar-refractivity contribution in [2.24, 2.45) is 0 Å². The van der Waals surface area contributed by atoms with E-state index in [1.54, 1.807) is 24.3 Å². The second-order valence-electron chi connectivity index (χ2n) is 5.77. The van der Waals surface area contributed by atoms with E-state index in [2.05, 4.69) is 26.1 Å². The van der Waals surface area contributed by atoms with E-state index >= 15 is 0 Å². The van der Waals surface area contributed by atoms with Gasteiger partial charge in [0.1, 0.15) is 0 Å². The second kappa shape index (κ2) is 8.21. The van der Waals surface area contributed by atoms with Crippen LogP contribution < -0.4 is 16.0 Å². The quantitative estimate of drug-likeness (QED) is 0.624. The Morgan fingerprint density at radius 3 is 2.25 bits per heavy atom. The Morgan fingerprint density at radius 2 is 1.57 bits per heavy atom. The van der Waals surface area contributed by atoms with Gasteiger partial charge in [0.2, 0.25) is 5.91 Å². The number of halogens is 2. The maximum atomic E-state index is 13.2. The Bertz CT molecular complexity index is 1030. The van der Waals surface area contributed by atoms with Crippen molar-refractivity contribution >= 4 is 34.7 Å². The van der Waals surface area contributed by atoms with Gasteiger partial charge in [0.15, 0.2) is 23.1 Å². The van der Waals surface area contributed by atoms with Crippen LogP contribution in [0.15, 0.2) is 54.6 Å². The van der Waals surface area contributed by atoms with Gasteiger partial charge in [-0.05, 0) is 42.5 Å². The number of nitrogens with one attached hydrogen (secondary N) is 3. The molecule has 0 aliphatic carbocycles. The molecule has 9 heteroatoms. The minimum absolute atomic E-state index is 0.00211. The third-order valence-electron chi connectivity index (χ3n) is 3.53. The van der Waals surface area contributed by atoms with Gasteiger partial charge in [0.05, 0.1) is 0 Å². The highest BCUT2D eigenvalue weighted by molar-refractivity contribution is 6.02. The van der Waals surface area contributed by atoms with E-state index in [1.165, 1.54) is 25.1 Å². The van der Waals surface area contributed by atoms with Crippen LogP contribution in [-0.4, -0.2) is 22.0 Å². The lowest BCUT2D eigenvalue weighted by Crippen LogP contribution is -2.14. The molecular formula is C19H15F2N5O2. The Balaban J connectivity index is 1.66. The fraction of sp³-hybridized carbons (Fsp3) is 0.0526. The third-order valence-corrected chi connectivity index (χ3v) is 3.53. The molecule has 1 heterocycles. The van der Waals surface area contributed by atoms with Gasteiger partial charge in [-0.3, -0.25) is 9.59 Å². The summed E-state index contributed by atoms with van der Waals surface area (Å²) >= 11 is 0. The van der Waals surface area contributed by atoms with Crippen molar-refractivity contribution in [3.05, 3.63) is 71.9 Å². The van der Waals surface area contributed by atoms with Gasteiger partial charge in [-0.25, -0.2) is 8.78 Å². The molecule has 0 saturated heterocycles. The molecule has 1 aromatic heterocycles. The first-order valence-electron chi connectivity index (χ1n) is 8.15. The highest BCUT2D eigenvalue weighted by Gasteiger charge is 2.11. The van der Waals surface area contributed by atoms with Crippen molar-refractivity contribution in [2.75, 3.05) is 16.0 Å². The van der Waals surface area contributed by atoms with Gasteiger partial charge in [0.25, 0.3) is 5.91 Å². The third kappa shape index (κ3) is 4.85. The fourth-order valence-electron chi connectivity index (χ4n) is 2.31. The molecule has 0 radical (unpaired) electrons. The number of hydrogen-bond donors (Lipinski definition) is 3. The Hall–Kier alpha value is -3.88. The summed E-state index contributed by atoms with van der Waals surface area (Å²) in [6, 6.07) is 13.0. The number of aromatic nitrogens is 2. The summed E-state index contributed by atoms with van der Waals surface area (Å²) in [5, 5.41) is 15.8. The molecule has 0 fully saturated rings. The first-order chi connectivity index (χ1) is 13.4. The minimum atomic E-state index is -1.06. The van der Waals surface area contributed by atoms with Gasteiger partial charge in [-0.2, -0.15) is 0 Å². The summed E-state index contributed by atoms with van der Waals surface area (Å²) in [5.74, 6) is -2.49. The molecule has 3 N–H and O–H groups in total. The van der Waals surface area contributed by atoms with E-state index in [0.717, 1.165) is 12.1 Å². The SMILES string of the molecule is CC(=O)Nc1cccc(Nc2ccc(C(=O)Nc3ccc(F)c(F)c3)nn2)c1. The molecule has 0 atom stereocenters. The number of benzene rings is 2. The molecule has 3 rings (SSSR count). The predicted octanol–water partition coefficient (Wildman–Crippen LogP) is 3.71. The molecule has 2 amide bonds. The highest BCUT2D eigenvalue weighted by atomic mass is 19.2. The van der Waals surface area contributed by atoms with Gasteiger partial charge in [-0.15, -0.1) is 10.2 Å². The van der Waals surface area contributed by atoms with Crippen molar-refractivity contribution in [1.29, 1.82) is 0 Å². The number of amides is 2. The van der Waals surface area contributed by atoms with Crippen LogP contribution in [0.25, 0.3) is 0 Å². The minimum Gasteiger partial charge on any atom is -0.339 e. The molecule has 28 heavy (non-hydrogen) atoms. The van der Waals surface area contributed by atoms with Crippen LogP contribution in [0.2, 0.25) is 0 Å². The molecule has 0 saturated carbocycles. The van der Waals surface area contributed by atoms with Crippen molar-refractivity contribution in [2.45, 2.75) is 6.92 Å².